The van der Waals surface area contributed by atoms with Gasteiger partial charge in [0.15, 0.2) is 14.6 Å². The Morgan fingerprint density at radius 1 is 1.17 bits per heavy atom. The molecule has 0 N–H and O–H groups in total. The molecule has 1 heterocycles. The number of rotatable bonds is 6. The van der Waals surface area contributed by atoms with Gasteiger partial charge in [0, 0.05) is 11.8 Å². The molecule has 0 radical (unpaired) electrons. The Balaban J connectivity index is 2.13. The first-order chi connectivity index (χ1) is 14.2. The molecule has 0 aliphatic heterocycles. The zero-order valence-corrected chi connectivity index (χ0v) is 18.2. The van der Waals surface area contributed by atoms with Crippen molar-refractivity contribution >= 4 is 43.3 Å². The number of carbonyl (C=O) groups is 2. The van der Waals surface area contributed by atoms with Crippen molar-refractivity contribution in [3.63, 3.8) is 0 Å². The Kier molecular flexibility index (Phi) is 6.37. The van der Waals surface area contributed by atoms with Crippen LogP contribution in [0, 0.1) is 0 Å². The summed E-state index contributed by atoms with van der Waals surface area (Å²) in [6.45, 7) is 2.26. The highest BCUT2D eigenvalue weighted by atomic mass is 32.2. The lowest BCUT2D eigenvalue weighted by Crippen LogP contribution is -2.22. The maximum absolute atomic E-state index is 12.7. The van der Waals surface area contributed by atoms with Gasteiger partial charge in [-0.15, -0.1) is 0 Å². The molecule has 0 aliphatic rings. The van der Waals surface area contributed by atoms with Crippen LogP contribution < -0.4 is 9.54 Å². The van der Waals surface area contributed by atoms with Gasteiger partial charge >= 0.3 is 5.97 Å². The quantitative estimate of drug-likeness (QED) is 0.537. The summed E-state index contributed by atoms with van der Waals surface area (Å²) in [5.41, 5.74) is 0.834. The number of fused-ring (bicyclic) bond motifs is 1. The summed E-state index contributed by atoms with van der Waals surface area (Å²) in [4.78, 5) is 29.1. The average Bonchev–Trinajstić information content (AvgIpc) is 3.03. The highest BCUT2D eigenvalue weighted by Crippen LogP contribution is 2.24. The predicted molar refractivity (Wildman–Crippen MR) is 112 cm³/mol. The van der Waals surface area contributed by atoms with Gasteiger partial charge in [-0.05, 0) is 43.3 Å². The number of sulfone groups is 1. The van der Waals surface area contributed by atoms with E-state index in [2.05, 4.69) is 4.99 Å². The third-order valence-corrected chi connectivity index (χ3v) is 6.34. The minimum absolute atomic E-state index is 0.0312. The maximum Gasteiger partial charge on any atom is 0.325 e. The largest absolute Gasteiger partial charge is 0.494 e. The monoisotopic (exact) mass is 448 g/mol. The van der Waals surface area contributed by atoms with E-state index in [0.29, 0.717) is 22.7 Å². The number of thiazole rings is 1. The first-order valence-electron chi connectivity index (χ1n) is 8.95. The Bertz CT molecular complexity index is 1290. The molecule has 0 saturated carbocycles. The van der Waals surface area contributed by atoms with Crippen molar-refractivity contribution in [2.75, 3.05) is 20.0 Å². The van der Waals surface area contributed by atoms with Gasteiger partial charge in [0.25, 0.3) is 5.91 Å². The van der Waals surface area contributed by atoms with E-state index in [-0.39, 0.29) is 17.0 Å². The Labute approximate surface area is 177 Å². The third kappa shape index (κ3) is 4.77. The third-order valence-electron chi connectivity index (χ3n) is 4.19. The summed E-state index contributed by atoms with van der Waals surface area (Å²) in [6, 6.07) is 11.0. The molecule has 0 saturated heterocycles. The summed E-state index contributed by atoms with van der Waals surface area (Å²) >= 11 is 1.22. The molecule has 3 rings (SSSR count). The molecule has 8 nitrogen and oxygen atoms in total. The maximum atomic E-state index is 12.7. The molecule has 0 spiro atoms. The molecular weight excluding hydrogens is 428 g/mol. The second kappa shape index (κ2) is 8.80. The van der Waals surface area contributed by atoms with Gasteiger partial charge in [-0.1, -0.05) is 17.4 Å². The van der Waals surface area contributed by atoms with Crippen molar-refractivity contribution in [3.05, 3.63) is 52.8 Å². The number of hydrogen-bond donors (Lipinski definition) is 0. The molecule has 0 fully saturated rings. The van der Waals surface area contributed by atoms with Crippen molar-refractivity contribution < 1.29 is 27.5 Å². The predicted octanol–water partition coefficient (Wildman–Crippen LogP) is 2.42. The molecule has 10 heteroatoms. The smallest absolute Gasteiger partial charge is 0.325 e. The Morgan fingerprint density at radius 3 is 2.60 bits per heavy atom. The molecular formula is C20H20N2O6S2. The second-order valence-electron chi connectivity index (χ2n) is 6.33. The van der Waals surface area contributed by atoms with E-state index in [0.717, 1.165) is 11.0 Å². The van der Waals surface area contributed by atoms with Gasteiger partial charge in [0.05, 0.1) is 28.8 Å². The standard InChI is InChI=1S/C20H20N2O6S2/c1-4-28-14-8-9-16-17(11-14)29-20(22(16)12-18(23)27-2)21-19(24)13-6-5-7-15(10-13)30(3,25)26/h5-11H,4,12H2,1-3H3. The number of carbonyl (C=O) groups excluding carboxylic acids is 2. The SMILES string of the molecule is CCOc1ccc2c(c1)sc(=NC(=O)c1cccc(S(C)(=O)=O)c1)n2CC(=O)OC. The summed E-state index contributed by atoms with van der Waals surface area (Å²) in [6.07, 6.45) is 1.07. The fourth-order valence-corrected chi connectivity index (χ4v) is 4.48. The van der Waals surface area contributed by atoms with Crippen LogP contribution in [0.3, 0.4) is 0 Å². The van der Waals surface area contributed by atoms with E-state index in [4.69, 9.17) is 9.47 Å². The number of ether oxygens (including phenoxy) is 2. The summed E-state index contributed by atoms with van der Waals surface area (Å²) in [7, 11) is -2.18. The van der Waals surface area contributed by atoms with Crippen molar-refractivity contribution in [3.8, 4) is 5.75 Å². The second-order valence-corrected chi connectivity index (χ2v) is 9.35. The first-order valence-corrected chi connectivity index (χ1v) is 11.7. The van der Waals surface area contributed by atoms with Crippen LogP contribution >= 0.6 is 11.3 Å². The minimum Gasteiger partial charge on any atom is -0.494 e. The lowest BCUT2D eigenvalue weighted by molar-refractivity contribution is -0.141. The molecule has 0 unspecified atom stereocenters. The topological polar surface area (TPSA) is 104 Å². The lowest BCUT2D eigenvalue weighted by atomic mass is 10.2. The van der Waals surface area contributed by atoms with Crippen LogP contribution in [-0.2, 0) is 25.9 Å². The van der Waals surface area contributed by atoms with Crippen LogP contribution in [0.2, 0.25) is 0 Å². The van der Waals surface area contributed by atoms with Crippen LogP contribution in [-0.4, -0.2) is 44.8 Å². The van der Waals surface area contributed by atoms with E-state index in [1.807, 2.05) is 13.0 Å². The van der Waals surface area contributed by atoms with Crippen LogP contribution in [0.4, 0.5) is 0 Å². The number of benzene rings is 2. The summed E-state index contributed by atoms with van der Waals surface area (Å²) in [5, 5.41) is 0. The van der Waals surface area contributed by atoms with Crippen LogP contribution in [0.25, 0.3) is 10.2 Å². The molecule has 1 amide bonds. The summed E-state index contributed by atoms with van der Waals surface area (Å²) in [5.74, 6) is -0.442. The average molecular weight is 449 g/mol. The number of amides is 1. The normalized spacial score (nSPS) is 12.2. The van der Waals surface area contributed by atoms with Crippen LogP contribution in [0.1, 0.15) is 17.3 Å². The van der Waals surface area contributed by atoms with Gasteiger partial charge in [-0.2, -0.15) is 4.99 Å². The summed E-state index contributed by atoms with van der Waals surface area (Å²) < 4.78 is 36.2. The van der Waals surface area contributed by atoms with E-state index < -0.39 is 21.7 Å². The van der Waals surface area contributed by atoms with Crippen molar-refractivity contribution in [2.45, 2.75) is 18.4 Å². The molecule has 0 aliphatic carbocycles. The molecule has 1 aromatic heterocycles. The van der Waals surface area contributed by atoms with Gasteiger partial charge in [0.2, 0.25) is 0 Å². The van der Waals surface area contributed by atoms with Crippen molar-refractivity contribution in [2.24, 2.45) is 4.99 Å². The minimum atomic E-state index is -3.46. The zero-order chi connectivity index (χ0) is 21.9. The molecule has 0 bridgehead atoms. The van der Waals surface area contributed by atoms with Crippen molar-refractivity contribution in [1.29, 1.82) is 0 Å². The number of aromatic nitrogens is 1. The number of nitrogens with zero attached hydrogens (tertiary/aromatic N) is 2. The Morgan fingerprint density at radius 2 is 1.93 bits per heavy atom. The number of esters is 1. The first kappa shape index (κ1) is 21.7. The molecule has 0 atom stereocenters. The van der Waals surface area contributed by atoms with E-state index in [1.54, 1.807) is 16.7 Å². The lowest BCUT2D eigenvalue weighted by Gasteiger charge is -2.05. The molecule has 30 heavy (non-hydrogen) atoms. The zero-order valence-electron chi connectivity index (χ0n) is 16.6. The molecule has 3 aromatic rings. The van der Waals surface area contributed by atoms with E-state index in [1.165, 1.54) is 42.7 Å². The molecule has 2 aromatic carbocycles. The van der Waals surface area contributed by atoms with Crippen LogP contribution in [0.5, 0.6) is 5.75 Å². The highest BCUT2D eigenvalue weighted by molar-refractivity contribution is 7.90. The van der Waals surface area contributed by atoms with Gasteiger partial charge in [-0.25, -0.2) is 8.42 Å². The Hall–Kier alpha value is -2.98. The fraction of sp³-hybridized carbons (Fsp3) is 0.250. The van der Waals surface area contributed by atoms with Crippen LogP contribution in [0.15, 0.2) is 52.4 Å². The number of hydrogen-bond acceptors (Lipinski definition) is 7. The fourth-order valence-electron chi connectivity index (χ4n) is 2.75. The highest BCUT2D eigenvalue weighted by Gasteiger charge is 2.15. The van der Waals surface area contributed by atoms with E-state index >= 15 is 0 Å². The number of methoxy groups -OCH3 is 1. The van der Waals surface area contributed by atoms with Gasteiger partial charge in [0.1, 0.15) is 12.3 Å². The van der Waals surface area contributed by atoms with Gasteiger partial charge in [-0.3, -0.25) is 9.59 Å². The molecule has 158 valence electrons. The van der Waals surface area contributed by atoms with E-state index in [9.17, 15) is 18.0 Å². The van der Waals surface area contributed by atoms with Gasteiger partial charge < -0.3 is 14.0 Å². The van der Waals surface area contributed by atoms with Crippen molar-refractivity contribution in [1.82, 2.24) is 4.57 Å².